The largest absolute Gasteiger partial charge is 0.289 e. The van der Waals surface area contributed by atoms with Crippen LogP contribution in [0.3, 0.4) is 0 Å². The fourth-order valence-corrected chi connectivity index (χ4v) is 1.12. The SMILES string of the molecule is CC.O=C1C=Cc2ccccc21. The van der Waals surface area contributed by atoms with Crippen molar-refractivity contribution in [1.29, 1.82) is 0 Å². The number of carbonyl (C=O) groups excluding carboxylic acids is 1. The van der Waals surface area contributed by atoms with Gasteiger partial charge in [-0.3, -0.25) is 4.79 Å². The van der Waals surface area contributed by atoms with Crippen LogP contribution in [-0.4, -0.2) is 5.78 Å². The van der Waals surface area contributed by atoms with Gasteiger partial charge in [0, 0.05) is 5.56 Å². The minimum absolute atomic E-state index is 0.121. The molecular formula is C11H12O. The summed E-state index contributed by atoms with van der Waals surface area (Å²) in [6.45, 7) is 4.00. The molecule has 0 saturated carbocycles. The highest BCUT2D eigenvalue weighted by Gasteiger charge is 2.10. The molecule has 0 aliphatic heterocycles. The molecule has 0 spiro atoms. The highest BCUT2D eigenvalue weighted by atomic mass is 16.1. The van der Waals surface area contributed by atoms with Gasteiger partial charge < -0.3 is 0 Å². The minimum Gasteiger partial charge on any atom is -0.289 e. The average Bonchev–Trinajstić information content (AvgIpc) is 2.53. The van der Waals surface area contributed by atoms with E-state index in [1.165, 1.54) is 0 Å². The Morgan fingerprint density at radius 1 is 1.00 bits per heavy atom. The van der Waals surface area contributed by atoms with Gasteiger partial charge in [-0.2, -0.15) is 0 Å². The number of fused-ring (bicyclic) bond motifs is 1. The fourth-order valence-electron chi connectivity index (χ4n) is 1.12. The summed E-state index contributed by atoms with van der Waals surface area (Å²) in [5, 5.41) is 0. The molecule has 0 aromatic heterocycles. The van der Waals surface area contributed by atoms with Crippen LogP contribution in [0.2, 0.25) is 0 Å². The van der Waals surface area contributed by atoms with E-state index in [9.17, 15) is 4.79 Å². The molecule has 1 aromatic rings. The van der Waals surface area contributed by atoms with Crippen LogP contribution in [0.5, 0.6) is 0 Å². The highest BCUT2D eigenvalue weighted by molar-refractivity contribution is 6.13. The first-order valence-corrected chi connectivity index (χ1v) is 4.19. The number of hydrogen-bond acceptors (Lipinski definition) is 1. The molecular weight excluding hydrogens is 148 g/mol. The Labute approximate surface area is 72.7 Å². The Morgan fingerprint density at radius 3 is 2.33 bits per heavy atom. The summed E-state index contributed by atoms with van der Waals surface area (Å²) in [5.74, 6) is 0.121. The van der Waals surface area contributed by atoms with E-state index < -0.39 is 0 Å². The molecule has 1 heteroatoms. The first kappa shape index (κ1) is 8.72. The molecule has 1 aliphatic rings. The predicted molar refractivity (Wildman–Crippen MR) is 51.2 cm³/mol. The standard InChI is InChI=1S/C9H6O.C2H6/c10-9-6-5-7-3-1-2-4-8(7)9;1-2/h1-6H;1-2H3. The number of benzene rings is 1. The van der Waals surface area contributed by atoms with Gasteiger partial charge in [0.15, 0.2) is 5.78 Å². The maximum atomic E-state index is 11.0. The van der Waals surface area contributed by atoms with Crippen molar-refractivity contribution in [3.63, 3.8) is 0 Å². The first-order chi connectivity index (χ1) is 5.88. The molecule has 0 heterocycles. The topological polar surface area (TPSA) is 17.1 Å². The van der Waals surface area contributed by atoms with Gasteiger partial charge >= 0.3 is 0 Å². The van der Waals surface area contributed by atoms with Crippen LogP contribution in [0.15, 0.2) is 30.3 Å². The zero-order chi connectivity index (χ0) is 8.97. The predicted octanol–water partition coefficient (Wildman–Crippen LogP) is 2.92. The number of hydrogen-bond donors (Lipinski definition) is 0. The van der Waals surface area contributed by atoms with Gasteiger partial charge in [-0.05, 0) is 11.6 Å². The molecule has 0 unspecified atom stereocenters. The second-order valence-electron chi connectivity index (χ2n) is 2.28. The quantitative estimate of drug-likeness (QED) is 0.570. The molecule has 0 N–H and O–H groups in total. The molecule has 1 nitrogen and oxygen atoms in total. The van der Waals surface area contributed by atoms with Crippen LogP contribution in [0.25, 0.3) is 6.08 Å². The maximum absolute atomic E-state index is 11.0. The van der Waals surface area contributed by atoms with E-state index in [4.69, 9.17) is 0 Å². The van der Waals surface area contributed by atoms with Crippen LogP contribution in [0.1, 0.15) is 29.8 Å². The van der Waals surface area contributed by atoms with Crippen LogP contribution in [0, 0.1) is 0 Å². The molecule has 62 valence electrons. The van der Waals surface area contributed by atoms with Gasteiger partial charge in [0.25, 0.3) is 0 Å². The Bertz CT molecular complexity index is 311. The van der Waals surface area contributed by atoms with E-state index in [0.29, 0.717) is 0 Å². The fraction of sp³-hybridized carbons (Fsp3) is 0.182. The summed E-state index contributed by atoms with van der Waals surface area (Å²) in [6.07, 6.45) is 3.45. The Kier molecular flexibility index (Phi) is 2.81. The number of carbonyl (C=O) groups is 1. The van der Waals surface area contributed by atoms with Crippen molar-refractivity contribution in [3.8, 4) is 0 Å². The summed E-state index contributed by atoms with van der Waals surface area (Å²) in [7, 11) is 0. The van der Waals surface area contributed by atoms with Crippen LogP contribution >= 0.6 is 0 Å². The maximum Gasteiger partial charge on any atom is 0.186 e. The van der Waals surface area contributed by atoms with E-state index in [-0.39, 0.29) is 5.78 Å². The summed E-state index contributed by atoms with van der Waals surface area (Å²) < 4.78 is 0. The van der Waals surface area contributed by atoms with Gasteiger partial charge in [0.05, 0.1) is 0 Å². The normalized spacial score (nSPS) is 12.0. The summed E-state index contributed by atoms with van der Waals surface area (Å²) in [6, 6.07) is 7.60. The Hall–Kier alpha value is -1.37. The second-order valence-corrected chi connectivity index (χ2v) is 2.28. The van der Waals surface area contributed by atoms with Crippen LogP contribution < -0.4 is 0 Å². The molecule has 1 aliphatic carbocycles. The Morgan fingerprint density at radius 2 is 1.67 bits per heavy atom. The van der Waals surface area contributed by atoms with E-state index >= 15 is 0 Å². The van der Waals surface area contributed by atoms with E-state index in [2.05, 4.69) is 0 Å². The summed E-state index contributed by atoms with van der Waals surface area (Å²) in [4.78, 5) is 11.0. The third-order valence-corrected chi connectivity index (χ3v) is 1.64. The zero-order valence-corrected chi connectivity index (χ0v) is 7.37. The Balaban J connectivity index is 0.000000336. The zero-order valence-electron chi connectivity index (χ0n) is 7.37. The number of ketones is 1. The minimum atomic E-state index is 0.121. The lowest BCUT2D eigenvalue weighted by molar-refractivity contribution is 0.105. The highest BCUT2D eigenvalue weighted by Crippen LogP contribution is 2.17. The molecule has 0 bridgehead atoms. The molecule has 12 heavy (non-hydrogen) atoms. The van der Waals surface area contributed by atoms with E-state index in [1.54, 1.807) is 6.08 Å². The first-order valence-electron chi connectivity index (χ1n) is 4.19. The van der Waals surface area contributed by atoms with Gasteiger partial charge in [0.2, 0.25) is 0 Å². The van der Waals surface area contributed by atoms with Crippen LogP contribution in [0.4, 0.5) is 0 Å². The van der Waals surface area contributed by atoms with Gasteiger partial charge in [-0.25, -0.2) is 0 Å². The third-order valence-electron chi connectivity index (χ3n) is 1.64. The molecule has 0 fully saturated rings. The van der Waals surface area contributed by atoms with Gasteiger partial charge in [0.1, 0.15) is 0 Å². The van der Waals surface area contributed by atoms with Crippen molar-refractivity contribution in [2.24, 2.45) is 0 Å². The van der Waals surface area contributed by atoms with E-state index in [0.717, 1.165) is 11.1 Å². The van der Waals surface area contributed by atoms with Crippen LogP contribution in [-0.2, 0) is 0 Å². The van der Waals surface area contributed by atoms with Gasteiger partial charge in [-0.1, -0.05) is 44.2 Å². The van der Waals surface area contributed by atoms with Crippen molar-refractivity contribution < 1.29 is 4.79 Å². The molecule has 0 amide bonds. The number of allylic oxidation sites excluding steroid dienone is 1. The molecule has 1 aromatic carbocycles. The molecule has 0 atom stereocenters. The molecule has 2 rings (SSSR count). The smallest absolute Gasteiger partial charge is 0.186 e. The van der Waals surface area contributed by atoms with Gasteiger partial charge in [-0.15, -0.1) is 0 Å². The lowest BCUT2D eigenvalue weighted by Gasteiger charge is -1.92. The monoisotopic (exact) mass is 160 g/mol. The molecule has 0 radical (unpaired) electrons. The molecule has 0 saturated heterocycles. The van der Waals surface area contributed by atoms with Crippen molar-refractivity contribution in [2.45, 2.75) is 13.8 Å². The second kappa shape index (κ2) is 3.86. The summed E-state index contributed by atoms with van der Waals surface area (Å²) in [5.41, 5.74) is 1.86. The van der Waals surface area contributed by atoms with E-state index in [1.807, 2.05) is 44.2 Å². The summed E-state index contributed by atoms with van der Waals surface area (Å²) >= 11 is 0. The van der Waals surface area contributed by atoms with Crippen molar-refractivity contribution in [3.05, 3.63) is 41.5 Å². The number of rotatable bonds is 0. The third kappa shape index (κ3) is 1.45. The average molecular weight is 160 g/mol. The van der Waals surface area contributed by atoms with Crippen molar-refractivity contribution in [2.75, 3.05) is 0 Å². The lowest BCUT2D eigenvalue weighted by Crippen LogP contribution is -1.89. The van der Waals surface area contributed by atoms with Crippen molar-refractivity contribution >= 4 is 11.9 Å². The van der Waals surface area contributed by atoms with Crippen molar-refractivity contribution in [1.82, 2.24) is 0 Å². The lowest BCUT2D eigenvalue weighted by atomic mass is 10.1.